The van der Waals surface area contributed by atoms with Crippen molar-refractivity contribution in [2.75, 3.05) is 4.90 Å². The van der Waals surface area contributed by atoms with Crippen molar-refractivity contribution in [3.63, 3.8) is 0 Å². The number of halogens is 2. The van der Waals surface area contributed by atoms with Crippen LogP contribution in [0.2, 0.25) is 10.0 Å². The van der Waals surface area contributed by atoms with Gasteiger partial charge in [-0.3, -0.25) is 19.2 Å². The van der Waals surface area contributed by atoms with Crippen LogP contribution >= 0.6 is 23.2 Å². The molecule has 0 aromatic heterocycles. The molecular weight excluding hydrogens is 501 g/mol. The maximum Gasteiger partial charge on any atom is 0.241 e. The van der Waals surface area contributed by atoms with Gasteiger partial charge >= 0.3 is 0 Å². The Morgan fingerprint density at radius 3 is 2.06 bits per heavy atom. The van der Waals surface area contributed by atoms with Crippen LogP contribution in [0.5, 0.6) is 0 Å². The standard InChI is InChI=1S/C28H17Cl2NO5/c29-19-12-11-16(14-20(19)30)31-26(34)22-21(13-10-15-6-2-1-3-7-15)36-28(23(22)27(31)35)24(32)17-8-4-5-9-18(17)25(28)33/h1-14,21-23H/b13-10+/t21-,22+,23+/m0/s1. The van der Waals surface area contributed by atoms with Crippen LogP contribution in [0.15, 0.2) is 78.9 Å². The SMILES string of the molecule is O=C1[C@@H]2[C@H](/C=C/c3ccccc3)OC3(C(=O)c4ccccc4C3=O)[C@H]2C(=O)N1c1ccc(Cl)c(Cl)c1. The molecule has 6 rings (SSSR count). The van der Waals surface area contributed by atoms with E-state index in [4.69, 9.17) is 27.9 Å². The Morgan fingerprint density at radius 2 is 1.42 bits per heavy atom. The summed E-state index contributed by atoms with van der Waals surface area (Å²) >= 11 is 12.2. The van der Waals surface area contributed by atoms with Gasteiger partial charge in [-0.1, -0.05) is 90.0 Å². The van der Waals surface area contributed by atoms with E-state index in [1.54, 1.807) is 24.3 Å². The van der Waals surface area contributed by atoms with Gasteiger partial charge in [-0.15, -0.1) is 0 Å². The van der Waals surface area contributed by atoms with E-state index >= 15 is 0 Å². The molecule has 2 saturated heterocycles. The summed E-state index contributed by atoms with van der Waals surface area (Å²) in [5.74, 6) is -4.86. The van der Waals surface area contributed by atoms with Crippen LogP contribution in [-0.2, 0) is 14.3 Å². The fourth-order valence-corrected chi connectivity index (χ4v) is 5.68. The van der Waals surface area contributed by atoms with Gasteiger partial charge in [0.2, 0.25) is 29.0 Å². The molecule has 0 unspecified atom stereocenters. The predicted molar refractivity (Wildman–Crippen MR) is 134 cm³/mol. The normalized spacial score (nSPS) is 24.3. The Morgan fingerprint density at radius 1 is 0.778 bits per heavy atom. The maximum atomic E-state index is 13.8. The summed E-state index contributed by atoms with van der Waals surface area (Å²) in [5, 5.41) is 0.429. The van der Waals surface area contributed by atoms with Gasteiger partial charge in [0.15, 0.2) is 0 Å². The number of hydrogen-bond donors (Lipinski definition) is 0. The molecule has 2 fully saturated rings. The fourth-order valence-electron chi connectivity index (χ4n) is 5.39. The highest BCUT2D eigenvalue weighted by molar-refractivity contribution is 6.42. The number of anilines is 1. The molecule has 178 valence electrons. The van der Waals surface area contributed by atoms with Gasteiger partial charge in [-0.2, -0.15) is 0 Å². The first-order valence-electron chi connectivity index (χ1n) is 11.3. The zero-order chi connectivity index (χ0) is 25.2. The molecule has 0 radical (unpaired) electrons. The third-order valence-electron chi connectivity index (χ3n) is 7.00. The number of carbonyl (C=O) groups excluding carboxylic acids is 4. The lowest BCUT2D eigenvalue weighted by Crippen LogP contribution is -2.51. The number of imide groups is 1. The van der Waals surface area contributed by atoms with Gasteiger partial charge in [-0.25, -0.2) is 4.90 Å². The summed E-state index contributed by atoms with van der Waals surface area (Å²) in [6.45, 7) is 0. The topological polar surface area (TPSA) is 80.8 Å². The number of hydrogen-bond acceptors (Lipinski definition) is 5. The summed E-state index contributed by atoms with van der Waals surface area (Å²) in [6.07, 6.45) is 2.40. The molecule has 2 amide bonds. The molecule has 6 nitrogen and oxygen atoms in total. The van der Waals surface area contributed by atoms with E-state index < -0.39 is 46.9 Å². The van der Waals surface area contributed by atoms with Crippen LogP contribution in [0.1, 0.15) is 26.3 Å². The first kappa shape index (κ1) is 22.9. The summed E-state index contributed by atoms with van der Waals surface area (Å²) in [5.41, 5.74) is -0.698. The van der Waals surface area contributed by atoms with E-state index in [-0.39, 0.29) is 26.9 Å². The number of rotatable bonds is 3. The van der Waals surface area contributed by atoms with Gasteiger partial charge in [0.05, 0.1) is 33.7 Å². The van der Waals surface area contributed by atoms with Gasteiger partial charge < -0.3 is 4.74 Å². The molecule has 8 heteroatoms. The van der Waals surface area contributed by atoms with E-state index in [0.717, 1.165) is 10.5 Å². The molecular formula is C28H17Cl2NO5. The first-order valence-corrected chi connectivity index (χ1v) is 12.0. The molecule has 0 bridgehead atoms. The van der Waals surface area contributed by atoms with Crippen LogP contribution in [0.4, 0.5) is 5.69 Å². The monoisotopic (exact) mass is 517 g/mol. The van der Waals surface area contributed by atoms with Crippen molar-refractivity contribution < 1.29 is 23.9 Å². The second-order valence-electron chi connectivity index (χ2n) is 8.91. The number of fused-ring (bicyclic) bond motifs is 3. The number of nitrogens with zero attached hydrogens (tertiary/aromatic N) is 1. The van der Waals surface area contributed by atoms with Crippen LogP contribution < -0.4 is 4.90 Å². The largest absolute Gasteiger partial charge is 0.350 e. The smallest absolute Gasteiger partial charge is 0.241 e. The molecule has 0 saturated carbocycles. The average Bonchev–Trinajstić information content (AvgIpc) is 3.45. The summed E-state index contributed by atoms with van der Waals surface area (Å²) in [4.78, 5) is 55.9. The second-order valence-corrected chi connectivity index (χ2v) is 9.72. The lowest BCUT2D eigenvalue weighted by molar-refractivity contribution is -0.126. The number of benzene rings is 3. The van der Waals surface area contributed by atoms with Gasteiger partial charge in [-0.05, 0) is 23.8 Å². The maximum absolute atomic E-state index is 13.8. The molecule has 1 spiro atoms. The first-order chi connectivity index (χ1) is 17.3. The molecule has 3 aromatic carbocycles. The van der Waals surface area contributed by atoms with Crippen molar-refractivity contribution in [3.8, 4) is 0 Å². The van der Waals surface area contributed by atoms with Crippen molar-refractivity contribution >= 4 is 58.3 Å². The summed E-state index contributed by atoms with van der Waals surface area (Å²) < 4.78 is 6.17. The second kappa shape index (κ2) is 8.23. The minimum absolute atomic E-state index is 0.165. The van der Waals surface area contributed by atoms with E-state index in [9.17, 15) is 19.2 Å². The molecule has 3 aromatic rings. The Balaban J connectivity index is 1.49. The van der Waals surface area contributed by atoms with Gasteiger partial charge in [0.25, 0.3) is 0 Å². The van der Waals surface area contributed by atoms with E-state index in [2.05, 4.69) is 0 Å². The third-order valence-corrected chi connectivity index (χ3v) is 7.73. The molecule has 2 aliphatic heterocycles. The lowest BCUT2D eigenvalue weighted by atomic mass is 9.78. The molecule has 1 aliphatic carbocycles. The predicted octanol–water partition coefficient (Wildman–Crippen LogP) is 5.03. The van der Waals surface area contributed by atoms with Crippen molar-refractivity contribution in [1.29, 1.82) is 0 Å². The van der Waals surface area contributed by atoms with Crippen LogP contribution in [0, 0.1) is 11.8 Å². The molecule has 0 N–H and O–H groups in total. The highest BCUT2D eigenvalue weighted by Gasteiger charge is 2.74. The Bertz CT molecular complexity index is 1460. The van der Waals surface area contributed by atoms with Crippen molar-refractivity contribution in [2.45, 2.75) is 11.7 Å². The number of carbonyl (C=O) groups is 4. The van der Waals surface area contributed by atoms with E-state index in [1.807, 2.05) is 30.3 Å². The van der Waals surface area contributed by atoms with Crippen molar-refractivity contribution in [1.82, 2.24) is 0 Å². The Kier molecular flexibility index (Phi) is 5.23. The summed E-state index contributed by atoms with van der Waals surface area (Å²) in [6, 6.07) is 20.1. The molecule has 2 heterocycles. The Labute approximate surface area is 216 Å². The van der Waals surface area contributed by atoms with E-state index in [0.29, 0.717) is 0 Å². The quantitative estimate of drug-likeness (QED) is 0.359. The molecule has 36 heavy (non-hydrogen) atoms. The van der Waals surface area contributed by atoms with Crippen LogP contribution in [0.25, 0.3) is 6.08 Å². The zero-order valence-electron chi connectivity index (χ0n) is 18.6. The average molecular weight is 518 g/mol. The van der Waals surface area contributed by atoms with Crippen LogP contribution in [-0.4, -0.2) is 35.1 Å². The van der Waals surface area contributed by atoms with Gasteiger partial charge in [0.1, 0.15) is 0 Å². The summed E-state index contributed by atoms with van der Waals surface area (Å²) in [7, 11) is 0. The highest BCUT2D eigenvalue weighted by atomic mass is 35.5. The minimum Gasteiger partial charge on any atom is -0.350 e. The highest BCUT2D eigenvalue weighted by Crippen LogP contribution is 2.53. The van der Waals surface area contributed by atoms with Crippen molar-refractivity contribution in [3.05, 3.63) is 106 Å². The number of ether oxygens (including phenoxy) is 1. The number of amides is 2. The number of ketones is 2. The van der Waals surface area contributed by atoms with E-state index in [1.165, 1.54) is 30.3 Å². The minimum atomic E-state index is -2.11. The Hall–Kier alpha value is -3.58. The zero-order valence-corrected chi connectivity index (χ0v) is 20.1. The van der Waals surface area contributed by atoms with Crippen molar-refractivity contribution in [2.24, 2.45) is 11.8 Å². The third kappa shape index (κ3) is 3.08. The van der Waals surface area contributed by atoms with Crippen LogP contribution in [0.3, 0.4) is 0 Å². The molecule has 3 aliphatic rings. The molecule has 3 atom stereocenters. The lowest BCUT2D eigenvalue weighted by Gasteiger charge is -2.26. The van der Waals surface area contributed by atoms with Gasteiger partial charge in [0, 0.05) is 11.1 Å². The number of Topliss-reactive ketones (excluding diaryl/α,β-unsaturated/α-hetero) is 2. The fraction of sp³-hybridized carbons (Fsp3) is 0.143.